The van der Waals surface area contributed by atoms with Crippen molar-refractivity contribution in [3.8, 4) is 5.75 Å². The molecule has 0 aromatic heterocycles. The van der Waals surface area contributed by atoms with Crippen LogP contribution < -0.4 is 5.32 Å². The van der Waals surface area contributed by atoms with Crippen LogP contribution >= 0.6 is 0 Å². The first-order valence-corrected chi connectivity index (χ1v) is 9.95. The van der Waals surface area contributed by atoms with Crippen LogP contribution in [0.25, 0.3) is 0 Å². The maximum atomic E-state index is 12.6. The molecule has 1 amide bonds. The van der Waals surface area contributed by atoms with Crippen molar-refractivity contribution >= 4 is 33.3 Å². The molecule has 0 fully saturated rings. The third-order valence-corrected chi connectivity index (χ3v) is 5.71. The van der Waals surface area contributed by atoms with Crippen molar-refractivity contribution in [3.63, 3.8) is 0 Å². The highest BCUT2D eigenvalue weighted by atomic mass is 32.2. The van der Waals surface area contributed by atoms with E-state index in [-0.39, 0.29) is 28.3 Å². The Bertz CT molecular complexity index is 1110. The van der Waals surface area contributed by atoms with Crippen molar-refractivity contribution in [3.05, 3.63) is 57.6 Å². The average molecular weight is 437 g/mol. The smallest absolute Gasteiger partial charge is 0.338 e. The third kappa shape index (κ3) is 4.90. The number of nitrogens with one attached hydrogen (secondary N) is 1. The summed E-state index contributed by atoms with van der Waals surface area (Å²) in [6.07, 6.45) is 0. The molecule has 0 unspecified atom stereocenters. The van der Waals surface area contributed by atoms with Gasteiger partial charge in [0, 0.05) is 31.8 Å². The van der Waals surface area contributed by atoms with Gasteiger partial charge < -0.3 is 15.2 Å². The largest absolute Gasteiger partial charge is 0.506 e. The number of nitro groups is 1. The van der Waals surface area contributed by atoms with Crippen molar-refractivity contribution in [2.45, 2.75) is 11.8 Å². The average Bonchev–Trinajstić information content (AvgIpc) is 2.69. The highest BCUT2D eigenvalue weighted by Crippen LogP contribution is 2.28. The number of sulfonamides is 1. The van der Waals surface area contributed by atoms with Crippen molar-refractivity contribution < 1.29 is 32.8 Å². The molecule has 2 rings (SSSR count). The molecule has 160 valence electrons. The minimum atomic E-state index is -3.84. The van der Waals surface area contributed by atoms with Crippen molar-refractivity contribution in [1.29, 1.82) is 0 Å². The number of phenolic OH excluding ortho intramolecular Hbond substituents is 1. The fourth-order valence-corrected chi connectivity index (χ4v) is 3.29. The number of nitrogens with zero attached hydrogens (tertiary/aromatic N) is 2. The first-order chi connectivity index (χ1) is 14.0. The number of anilines is 1. The monoisotopic (exact) mass is 437 g/mol. The molecule has 0 radical (unpaired) electrons. The van der Waals surface area contributed by atoms with E-state index in [1.165, 1.54) is 14.1 Å². The number of amides is 1. The molecular weight excluding hydrogens is 418 g/mol. The molecule has 0 aliphatic carbocycles. The summed E-state index contributed by atoms with van der Waals surface area (Å²) in [6.45, 7) is 1.59. The Kier molecular flexibility index (Phi) is 6.74. The number of hydrogen-bond acceptors (Lipinski definition) is 8. The summed E-state index contributed by atoms with van der Waals surface area (Å²) in [5.74, 6) is -2.17. The van der Waals surface area contributed by atoms with Crippen LogP contribution in [0.2, 0.25) is 0 Å². The van der Waals surface area contributed by atoms with Gasteiger partial charge in [-0.1, -0.05) is 0 Å². The second-order valence-electron chi connectivity index (χ2n) is 6.17. The number of hydrogen-bond donors (Lipinski definition) is 2. The van der Waals surface area contributed by atoms with Crippen molar-refractivity contribution in [2.24, 2.45) is 0 Å². The number of rotatable bonds is 7. The number of aromatic hydroxyl groups is 1. The third-order valence-electron chi connectivity index (χ3n) is 3.90. The Morgan fingerprint density at radius 2 is 1.80 bits per heavy atom. The Balaban J connectivity index is 2.45. The van der Waals surface area contributed by atoms with Crippen LogP contribution in [0.3, 0.4) is 0 Å². The summed E-state index contributed by atoms with van der Waals surface area (Å²) < 4.78 is 30.3. The van der Waals surface area contributed by atoms with E-state index in [4.69, 9.17) is 4.74 Å². The molecule has 11 nitrogen and oxygen atoms in total. The van der Waals surface area contributed by atoms with Gasteiger partial charge in [0.25, 0.3) is 11.6 Å². The molecule has 30 heavy (non-hydrogen) atoms. The predicted octanol–water partition coefficient (Wildman–Crippen LogP) is 1.98. The quantitative estimate of drug-likeness (QED) is 0.288. The molecular formula is C18H19N3O8S. The van der Waals surface area contributed by atoms with E-state index in [1.807, 2.05) is 0 Å². The van der Waals surface area contributed by atoms with Crippen LogP contribution in [0.5, 0.6) is 5.75 Å². The SMILES string of the molecule is CCOC(=O)c1cc(C(=O)Nc2cc(S(=O)(=O)N(C)C)ccc2O)cc([N+](=O)[O-])c1. The van der Waals surface area contributed by atoms with E-state index in [2.05, 4.69) is 5.32 Å². The number of ether oxygens (including phenoxy) is 1. The molecule has 0 spiro atoms. The van der Waals surface area contributed by atoms with Gasteiger partial charge >= 0.3 is 5.97 Å². The van der Waals surface area contributed by atoms with Crippen molar-refractivity contribution in [1.82, 2.24) is 4.31 Å². The summed E-state index contributed by atoms with van der Waals surface area (Å²) in [5, 5.41) is 23.4. The molecule has 0 saturated carbocycles. The Morgan fingerprint density at radius 3 is 2.37 bits per heavy atom. The second-order valence-corrected chi connectivity index (χ2v) is 8.32. The van der Waals surface area contributed by atoms with Crippen LogP contribution in [0.4, 0.5) is 11.4 Å². The summed E-state index contributed by atoms with van der Waals surface area (Å²) in [6, 6.07) is 6.30. The fourth-order valence-electron chi connectivity index (χ4n) is 2.36. The van der Waals surface area contributed by atoms with Gasteiger partial charge in [-0.3, -0.25) is 14.9 Å². The lowest BCUT2D eigenvalue weighted by molar-refractivity contribution is -0.384. The summed E-state index contributed by atoms with van der Waals surface area (Å²) in [5.41, 5.74) is -1.21. The lowest BCUT2D eigenvalue weighted by atomic mass is 10.1. The van der Waals surface area contributed by atoms with E-state index < -0.39 is 38.3 Å². The molecule has 0 bridgehead atoms. The number of nitro benzene ring substituents is 1. The maximum Gasteiger partial charge on any atom is 0.338 e. The maximum absolute atomic E-state index is 12.6. The standard InChI is InChI=1S/C18H19N3O8S/c1-4-29-18(24)12-7-11(8-13(9-12)21(25)26)17(23)19-15-10-14(5-6-16(15)22)30(27,28)20(2)3/h5-10,22H,4H2,1-3H3,(H,19,23). The first-order valence-electron chi connectivity index (χ1n) is 8.51. The number of esters is 1. The molecule has 0 aliphatic heterocycles. The lowest BCUT2D eigenvalue weighted by Gasteiger charge is -2.14. The van der Waals surface area contributed by atoms with Gasteiger partial charge in [-0.15, -0.1) is 0 Å². The lowest BCUT2D eigenvalue weighted by Crippen LogP contribution is -2.22. The fraction of sp³-hybridized carbons (Fsp3) is 0.222. The number of benzene rings is 2. The molecule has 0 atom stereocenters. The van der Waals surface area contributed by atoms with Gasteiger partial charge in [0.05, 0.1) is 27.7 Å². The van der Waals surface area contributed by atoms with Crippen molar-refractivity contribution in [2.75, 3.05) is 26.0 Å². The van der Waals surface area contributed by atoms with E-state index >= 15 is 0 Å². The van der Waals surface area contributed by atoms with Crippen LogP contribution in [0.1, 0.15) is 27.6 Å². The van der Waals surface area contributed by atoms with Gasteiger partial charge in [0.2, 0.25) is 10.0 Å². The number of phenols is 1. The van der Waals surface area contributed by atoms with E-state index in [0.29, 0.717) is 0 Å². The molecule has 0 aliphatic rings. The molecule has 12 heteroatoms. The minimum absolute atomic E-state index is 0.0318. The highest BCUT2D eigenvalue weighted by Gasteiger charge is 2.22. The molecule has 2 aromatic rings. The number of carbonyl (C=O) groups is 2. The molecule has 0 saturated heterocycles. The van der Waals surface area contributed by atoms with Gasteiger partial charge in [0.1, 0.15) is 5.75 Å². The predicted molar refractivity (Wildman–Crippen MR) is 106 cm³/mol. The van der Waals surface area contributed by atoms with E-state index in [9.17, 15) is 33.2 Å². The van der Waals surface area contributed by atoms with Crippen LogP contribution in [-0.4, -0.2) is 55.3 Å². The highest BCUT2D eigenvalue weighted by molar-refractivity contribution is 7.89. The Labute approximate surface area is 172 Å². The molecule has 2 N–H and O–H groups in total. The van der Waals surface area contributed by atoms with Gasteiger partial charge in [-0.25, -0.2) is 17.5 Å². The molecule has 2 aromatic carbocycles. The Hall–Kier alpha value is -3.51. The topological polar surface area (TPSA) is 156 Å². The van der Waals surface area contributed by atoms with Gasteiger partial charge in [-0.05, 0) is 31.2 Å². The Morgan fingerprint density at radius 1 is 1.17 bits per heavy atom. The number of carbonyl (C=O) groups excluding carboxylic acids is 2. The van der Waals surface area contributed by atoms with Gasteiger partial charge in [-0.2, -0.15) is 0 Å². The van der Waals surface area contributed by atoms with Gasteiger partial charge in [0.15, 0.2) is 0 Å². The van der Waals surface area contributed by atoms with Crippen LogP contribution in [0, 0.1) is 10.1 Å². The van der Waals surface area contributed by atoms with E-state index in [0.717, 1.165) is 40.7 Å². The van der Waals surface area contributed by atoms with Crippen LogP contribution in [0.15, 0.2) is 41.3 Å². The summed E-state index contributed by atoms with van der Waals surface area (Å²) >= 11 is 0. The summed E-state index contributed by atoms with van der Waals surface area (Å²) in [7, 11) is -1.20. The van der Waals surface area contributed by atoms with E-state index in [1.54, 1.807) is 6.92 Å². The zero-order chi connectivity index (χ0) is 22.6. The normalized spacial score (nSPS) is 11.2. The minimum Gasteiger partial charge on any atom is -0.506 e. The second kappa shape index (κ2) is 8.88. The number of non-ortho nitro benzene ring substituents is 1. The molecule has 0 heterocycles. The summed E-state index contributed by atoms with van der Waals surface area (Å²) in [4.78, 5) is 34.7. The first kappa shape index (κ1) is 22.8. The van der Waals surface area contributed by atoms with Crippen LogP contribution in [-0.2, 0) is 14.8 Å². The zero-order valence-electron chi connectivity index (χ0n) is 16.3. The zero-order valence-corrected chi connectivity index (χ0v) is 17.1.